The van der Waals surface area contributed by atoms with Crippen LogP contribution in [0, 0.1) is 0 Å². The highest BCUT2D eigenvalue weighted by Crippen LogP contribution is 2.24. The minimum absolute atomic E-state index is 0.0223. The molecule has 0 spiro atoms. The Labute approximate surface area is 118 Å². The molecule has 1 atom stereocenters. The topological polar surface area (TPSA) is 100 Å². The molecular formula is C13H11NO5S. The van der Waals surface area contributed by atoms with Crippen molar-refractivity contribution in [2.75, 3.05) is 5.75 Å². The van der Waals surface area contributed by atoms with Gasteiger partial charge in [-0.05, 0) is 12.1 Å². The predicted octanol–water partition coefficient (Wildman–Crippen LogP) is 1.30. The van der Waals surface area contributed by atoms with Gasteiger partial charge in [0, 0.05) is 12.0 Å². The molecule has 0 radical (unpaired) electrons. The molecule has 104 valence electrons. The van der Waals surface area contributed by atoms with Gasteiger partial charge in [-0.15, -0.1) is 0 Å². The predicted molar refractivity (Wildman–Crippen MR) is 77.0 cm³/mol. The van der Waals surface area contributed by atoms with Gasteiger partial charge in [-0.2, -0.15) is 12.6 Å². The van der Waals surface area contributed by atoms with Crippen molar-refractivity contribution in [3.8, 4) is 5.75 Å². The fourth-order valence-corrected chi connectivity index (χ4v) is 1.87. The zero-order chi connectivity index (χ0) is 14.7. The van der Waals surface area contributed by atoms with Crippen LogP contribution in [0.1, 0.15) is 5.56 Å². The molecule has 1 aromatic carbocycles. The van der Waals surface area contributed by atoms with Crippen LogP contribution in [0.3, 0.4) is 0 Å². The highest BCUT2D eigenvalue weighted by atomic mass is 32.1. The Balaban J connectivity index is 2.52. The Bertz CT molecular complexity index is 737. The Morgan fingerprint density at radius 3 is 2.80 bits per heavy atom. The summed E-state index contributed by atoms with van der Waals surface area (Å²) in [5.41, 5.74) is -0.721. The van der Waals surface area contributed by atoms with Gasteiger partial charge in [-0.1, -0.05) is 12.1 Å². The lowest BCUT2D eigenvalue weighted by molar-refractivity contribution is -0.137. The van der Waals surface area contributed by atoms with E-state index in [0.29, 0.717) is 5.39 Å². The number of carboxylic acid groups (broad SMARTS) is 1. The van der Waals surface area contributed by atoms with Crippen LogP contribution >= 0.6 is 12.6 Å². The largest absolute Gasteiger partial charge is 0.506 e. The number of fused-ring (bicyclic) bond motifs is 1. The first-order valence-corrected chi connectivity index (χ1v) is 6.29. The maximum absolute atomic E-state index is 11.7. The van der Waals surface area contributed by atoms with E-state index in [1.54, 1.807) is 24.3 Å². The molecular weight excluding hydrogens is 282 g/mol. The average Bonchev–Trinajstić information content (AvgIpc) is 2.42. The van der Waals surface area contributed by atoms with E-state index < -0.39 is 17.6 Å². The summed E-state index contributed by atoms with van der Waals surface area (Å²) in [4.78, 5) is 26.3. The van der Waals surface area contributed by atoms with Crippen molar-refractivity contribution >= 4 is 35.8 Å². The van der Waals surface area contributed by atoms with E-state index in [9.17, 15) is 14.7 Å². The zero-order valence-electron chi connectivity index (χ0n) is 10.2. The number of carboxylic acids is 1. The summed E-state index contributed by atoms with van der Waals surface area (Å²) in [6.07, 6.45) is 1.00. The fraction of sp³-hybridized carbons (Fsp3) is 0.154. The van der Waals surface area contributed by atoms with E-state index >= 15 is 0 Å². The molecule has 2 rings (SSSR count). The normalized spacial score (nSPS) is 12.8. The molecule has 1 heterocycles. The van der Waals surface area contributed by atoms with Crippen molar-refractivity contribution in [2.45, 2.75) is 6.04 Å². The molecule has 20 heavy (non-hydrogen) atoms. The molecule has 0 saturated heterocycles. The molecule has 0 unspecified atom stereocenters. The van der Waals surface area contributed by atoms with Gasteiger partial charge < -0.3 is 14.6 Å². The third-order valence-electron chi connectivity index (χ3n) is 2.66. The van der Waals surface area contributed by atoms with Gasteiger partial charge in [0.15, 0.2) is 6.04 Å². The molecule has 0 aliphatic rings. The van der Waals surface area contributed by atoms with Crippen molar-refractivity contribution in [3.63, 3.8) is 0 Å². The molecule has 2 N–H and O–H groups in total. The van der Waals surface area contributed by atoms with Crippen LogP contribution in [0.2, 0.25) is 0 Å². The summed E-state index contributed by atoms with van der Waals surface area (Å²) in [6.45, 7) is 0. The summed E-state index contributed by atoms with van der Waals surface area (Å²) in [5, 5.41) is 19.2. The number of hydrogen-bond acceptors (Lipinski definition) is 6. The van der Waals surface area contributed by atoms with E-state index in [0.717, 1.165) is 6.21 Å². The first kappa shape index (κ1) is 14.1. The summed E-state index contributed by atoms with van der Waals surface area (Å²) < 4.78 is 5.03. The van der Waals surface area contributed by atoms with Gasteiger partial charge in [0.25, 0.3) is 0 Å². The van der Waals surface area contributed by atoms with Gasteiger partial charge in [-0.3, -0.25) is 4.99 Å². The maximum atomic E-state index is 11.7. The van der Waals surface area contributed by atoms with Crippen LogP contribution in [-0.2, 0) is 4.79 Å². The highest BCUT2D eigenvalue weighted by molar-refractivity contribution is 7.80. The second-order valence-electron chi connectivity index (χ2n) is 3.96. The quantitative estimate of drug-likeness (QED) is 0.448. The van der Waals surface area contributed by atoms with Gasteiger partial charge in [0.2, 0.25) is 0 Å². The van der Waals surface area contributed by atoms with Gasteiger partial charge in [-0.25, -0.2) is 9.59 Å². The number of thiol groups is 1. The molecule has 2 aromatic rings. The smallest absolute Gasteiger partial charge is 0.348 e. The van der Waals surface area contributed by atoms with E-state index in [1.807, 2.05) is 0 Å². The standard InChI is InChI=1S/C13H11NO5S/c15-11-7-3-1-2-4-10(7)19-13(18)8(11)5-14-9(6-20)12(16)17/h1-5,9,15,20H,6H2,(H,16,17)/t9-/m0/s1. The summed E-state index contributed by atoms with van der Waals surface area (Å²) in [6, 6.07) is 5.38. The third kappa shape index (κ3) is 2.67. The zero-order valence-corrected chi connectivity index (χ0v) is 11.1. The Hall–Kier alpha value is -2.28. The average molecular weight is 293 g/mol. The van der Waals surface area contributed by atoms with Crippen LogP contribution in [0.25, 0.3) is 11.0 Å². The van der Waals surface area contributed by atoms with Crippen LogP contribution in [-0.4, -0.2) is 34.2 Å². The minimum atomic E-state index is -1.17. The van der Waals surface area contributed by atoms with Crippen molar-refractivity contribution < 1.29 is 19.4 Å². The Kier molecular flexibility index (Phi) is 4.09. The second-order valence-corrected chi connectivity index (χ2v) is 4.33. The van der Waals surface area contributed by atoms with Crippen LogP contribution in [0.4, 0.5) is 0 Å². The third-order valence-corrected chi connectivity index (χ3v) is 3.01. The number of para-hydroxylation sites is 1. The second kappa shape index (κ2) is 5.79. The van der Waals surface area contributed by atoms with Gasteiger partial charge >= 0.3 is 11.6 Å². The molecule has 0 fully saturated rings. The molecule has 1 aromatic heterocycles. The molecule has 7 heteroatoms. The van der Waals surface area contributed by atoms with Crippen LogP contribution in [0.5, 0.6) is 5.75 Å². The molecule has 0 bridgehead atoms. The SMILES string of the molecule is O=C(O)[C@H](CS)N=Cc1c(O)c2ccccc2oc1=O. The molecule has 0 amide bonds. The molecule has 0 aliphatic heterocycles. The number of carbonyl (C=O) groups is 1. The number of nitrogens with zero attached hydrogens (tertiary/aromatic N) is 1. The molecule has 6 nitrogen and oxygen atoms in total. The van der Waals surface area contributed by atoms with E-state index in [-0.39, 0.29) is 22.6 Å². The van der Waals surface area contributed by atoms with Gasteiger partial charge in [0.05, 0.1) is 5.39 Å². The summed E-state index contributed by atoms with van der Waals surface area (Å²) >= 11 is 3.85. The maximum Gasteiger partial charge on any atom is 0.348 e. The highest BCUT2D eigenvalue weighted by Gasteiger charge is 2.15. The number of rotatable bonds is 4. The van der Waals surface area contributed by atoms with Crippen LogP contribution < -0.4 is 5.63 Å². The first-order chi connectivity index (χ1) is 9.54. The molecule has 0 saturated carbocycles. The number of aromatic hydroxyl groups is 1. The lowest BCUT2D eigenvalue weighted by atomic mass is 10.1. The number of benzene rings is 1. The van der Waals surface area contributed by atoms with Crippen molar-refractivity contribution in [1.82, 2.24) is 0 Å². The van der Waals surface area contributed by atoms with E-state index in [1.165, 1.54) is 0 Å². The van der Waals surface area contributed by atoms with E-state index in [4.69, 9.17) is 9.52 Å². The number of aliphatic carboxylic acids is 1. The number of aliphatic imine (C=N–C) groups is 1. The first-order valence-electron chi connectivity index (χ1n) is 5.66. The van der Waals surface area contributed by atoms with E-state index in [2.05, 4.69) is 17.6 Å². The summed E-state index contributed by atoms with van der Waals surface area (Å²) in [7, 11) is 0. The fourth-order valence-electron chi connectivity index (χ4n) is 1.62. The van der Waals surface area contributed by atoms with Crippen LogP contribution in [0.15, 0.2) is 38.5 Å². The minimum Gasteiger partial charge on any atom is -0.506 e. The van der Waals surface area contributed by atoms with Crippen molar-refractivity contribution in [3.05, 3.63) is 40.2 Å². The van der Waals surface area contributed by atoms with Gasteiger partial charge in [0.1, 0.15) is 16.9 Å². The Morgan fingerprint density at radius 1 is 1.45 bits per heavy atom. The monoisotopic (exact) mass is 293 g/mol. The Morgan fingerprint density at radius 2 is 2.15 bits per heavy atom. The lowest BCUT2D eigenvalue weighted by Gasteiger charge is -2.04. The van der Waals surface area contributed by atoms with Crippen molar-refractivity contribution in [1.29, 1.82) is 0 Å². The number of hydrogen-bond donors (Lipinski definition) is 3. The molecule has 0 aliphatic carbocycles. The summed E-state index contributed by atoms with van der Waals surface area (Å²) in [5.74, 6) is -1.48. The van der Waals surface area contributed by atoms with Crippen molar-refractivity contribution in [2.24, 2.45) is 4.99 Å². The lowest BCUT2D eigenvalue weighted by Crippen LogP contribution is -2.20.